The summed E-state index contributed by atoms with van der Waals surface area (Å²) in [5, 5.41) is 9.52. The summed E-state index contributed by atoms with van der Waals surface area (Å²) in [6.07, 6.45) is -1.19. The molecule has 0 aromatic rings. The Morgan fingerprint density at radius 1 is 1.47 bits per heavy atom. The van der Waals surface area contributed by atoms with Gasteiger partial charge >= 0.3 is 6.09 Å². The van der Waals surface area contributed by atoms with Gasteiger partial charge in [0, 0.05) is 19.4 Å². The van der Waals surface area contributed by atoms with Gasteiger partial charge < -0.3 is 10.6 Å². The molecule has 1 heterocycles. The Morgan fingerprint density at radius 2 is 2.00 bits per heavy atom. The fourth-order valence-electron chi connectivity index (χ4n) is 0.997. The Morgan fingerprint density at radius 3 is 2.47 bits per heavy atom. The van der Waals surface area contributed by atoms with Crippen LogP contribution >= 0.6 is 0 Å². The minimum Gasteiger partial charge on any atom is -0.329 e. The maximum Gasteiger partial charge on any atom is 0.458 e. The van der Waals surface area contributed by atoms with Gasteiger partial charge in [0.05, 0.1) is 6.54 Å². The van der Waals surface area contributed by atoms with Crippen LogP contribution in [-0.4, -0.2) is 46.3 Å². The van der Waals surface area contributed by atoms with Crippen molar-refractivity contribution in [2.45, 2.75) is 12.8 Å². The lowest BCUT2D eigenvalue weighted by molar-refractivity contribution is -0.182. The largest absolute Gasteiger partial charge is 0.458 e. The third kappa shape index (κ3) is 2.64. The maximum absolute atomic E-state index is 11.0. The molecule has 1 saturated heterocycles. The number of hydroxylamine groups is 4. The van der Waals surface area contributed by atoms with E-state index in [0.29, 0.717) is 5.06 Å². The summed E-state index contributed by atoms with van der Waals surface area (Å²) in [6, 6.07) is 0. The monoisotopic (exact) mass is 217 g/mol. The minimum absolute atomic E-state index is 0.00836. The molecule has 15 heavy (non-hydrogen) atoms. The van der Waals surface area contributed by atoms with Crippen molar-refractivity contribution < 1.29 is 24.4 Å². The number of nitrogens with zero attached hydrogens (tertiary/aromatic N) is 2. The molecule has 8 nitrogen and oxygen atoms in total. The molecule has 0 spiro atoms. The molecule has 0 radical (unpaired) electrons. The highest BCUT2D eigenvalue weighted by Gasteiger charge is 2.33. The van der Waals surface area contributed by atoms with Crippen LogP contribution in [0.15, 0.2) is 0 Å². The van der Waals surface area contributed by atoms with Crippen molar-refractivity contribution in [3.05, 3.63) is 0 Å². The Kier molecular flexibility index (Phi) is 3.58. The number of carbonyl (C=O) groups excluding carboxylic acids is 3. The number of hydrogen-bond donors (Lipinski definition) is 2. The van der Waals surface area contributed by atoms with Crippen molar-refractivity contribution in [2.75, 3.05) is 13.1 Å². The smallest absolute Gasteiger partial charge is 0.329 e. The van der Waals surface area contributed by atoms with Gasteiger partial charge in [0.25, 0.3) is 11.8 Å². The molecule has 3 amide bonds. The molecule has 1 rings (SSSR count). The Bertz CT molecular complexity index is 276. The normalized spacial score (nSPS) is 15.7. The van der Waals surface area contributed by atoms with Gasteiger partial charge in [-0.1, -0.05) is 0 Å². The number of hydrogen-bond acceptors (Lipinski definition) is 6. The van der Waals surface area contributed by atoms with E-state index in [-0.39, 0.29) is 31.0 Å². The number of amides is 3. The van der Waals surface area contributed by atoms with Gasteiger partial charge in [-0.3, -0.25) is 14.8 Å². The summed E-state index contributed by atoms with van der Waals surface area (Å²) < 4.78 is 0. The van der Waals surface area contributed by atoms with E-state index in [1.165, 1.54) is 0 Å². The summed E-state index contributed by atoms with van der Waals surface area (Å²) >= 11 is 0. The second-order valence-electron chi connectivity index (χ2n) is 2.85. The number of imide groups is 1. The van der Waals surface area contributed by atoms with E-state index in [1.807, 2.05) is 0 Å². The van der Waals surface area contributed by atoms with Gasteiger partial charge in [-0.25, -0.2) is 4.79 Å². The van der Waals surface area contributed by atoms with Crippen LogP contribution in [0.3, 0.4) is 0 Å². The van der Waals surface area contributed by atoms with E-state index in [4.69, 9.17) is 10.9 Å². The van der Waals surface area contributed by atoms with Crippen LogP contribution in [-0.2, 0) is 14.4 Å². The molecule has 0 aromatic heterocycles. The zero-order chi connectivity index (χ0) is 11.4. The van der Waals surface area contributed by atoms with Crippen molar-refractivity contribution in [1.29, 1.82) is 0 Å². The van der Waals surface area contributed by atoms with E-state index in [9.17, 15) is 14.4 Å². The molecule has 0 aromatic carbocycles. The Labute approximate surface area is 85.1 Å². The second-order valence-corrected chi connectivity index (χ2v) is 2.85. The number of carbonyl (C=O) groups is 3. The van der Waals surface area contributed by atoms with Gasteiger partial charge in [0.1, 0.15) is 0 Å². The van der Waals surface area contributed by atoms with Crippen LogP contribution in [0, 0.1) is 0 Å². The molecule has 0 atom stereocenters. The minimum atomic E-state index is -1.20. The molecule has 0 aliphatic carbocycles. The maximum atomic E-state index is 11.0. The van der Waals surface area contributed by atoms with Gasteiger partial charge in [0.2, 0.25) is 0 Å². The first-order valence-electron chi connectivity index (χ1n) is 4.30. The van der Waals surface area contributed by atoms with Crippen LogP contribution in [0.1, 0.15) is 12.8 Å². The lowest BCUT2D eigenvalue weighted by Crippen LogP contribution is -2.40. The van der Waals surface area contributed by atoms with Crippen LogP contribution in [0.4, 0.5) is 4.79 Å². The molecule has 3 N–H and O–H groups in total. The van der Waals surface area contributed by atoms with E-state index in [1.54, 1.807) is 0 Å². The lowest BCUT2D eigenvalue weighted by atomic mass is 10.4. The first-order chi connectivity index (χ1) is 7.06. The number of nitrogens with two attached hydrogens (primary N) is 1. The third-order valence-electron chi connectivity index (χ3n) is 1.73. The van der Waals surface area contributed by atoms with Crippen LogP contribution in [0.5, 0.6) is 0 Å². The summed E-state index contributed by atoms with van der Waals surface area (Å²) in [5.41, 5.74) is 5.07. The summed E-state index contributed by atoms with van der Waals surface area (Å²) in [6.45, 7) is -0.109. The molecule has 0 bridgehead atoms. The molecule has 8 heteroatoms. The van der Waals surface area contributed by atoms with Gasteiger partial charge in [-0.2, -0.15) is 5.06 Å². The van der Waals surface area contributed by atoms with Gasteiger partial charge in [-0.15, -0.1) is 5.06 Å². The van der Waals surface area contributed by atoms with Crippen LogP contribution < -0.4 is 5.73 Å². The van der Waals surface area contributed by atoms with Crippen molar-refractivity contribution in [2.24, 2.45) is 5.73 Å². The highest BCUT2D eigenvalue weighted by molar-refractivity contribution is 6.01. The Hall–Kier alpha value is -1.67. The van der Waals surface area contributed by atoms with E-state index >= 15 is 0 Å². The lowest BCUT2D eigenvalue weighted by Gasteiger charge is -2.17. The number of rotatable bonds is 3. The fraction of sp³-hybridized carbons (Fsp3) is 0.571. The van der Waals surface area contributed by atoms with Crippen molar-refractivity contribution >= 4 is 17.9 Å². The van der Waals surface area contributed by atoms with Crippen molar-refractivity contribution in [3.8, 4) is 0 Å². The predicted octanol–water partition coefficient (Wildman–Crippen LogP) is -1.16. The standard InChI is InChI=1S/C7H11N3O5/c8-3-4-9(14)7(13)15-10-5(11)1-2-6(10)12/h14H,1-4,8H2. The van der Waals surface area contributed by atoms with Gasteiger partial charge in [0.15, 0.2) is 0 Å². The molecule has 1 aliphatic rings. The zero-order valence-corrected chi connectivity index (χ0v) is 7.88. The topological polar surface area (TPSA) is 113 Å². The van der Waals surface area contributed by atoms with Gasteiger partial charge in [-0.05, 0) is 0 Å². The molecular formula is C7H11N3O5. The molecule has 84 valence electrons. The average molecular weight is 217 g/mol. The Balaban J connectivity index is 2.50. The first kappa shape index (κ1) is 11.4. The highest BCUT2D eigenvalue weighted by Crippen LogP contribution is 2.12. The summed E-state index contributed by atoms with van der Waals surface area (Å²) in [5.74, 6) is -1.20. The van der Waals surface area contributed by atoms with Crippen molar-refractivity contribution in [3.63, 3.8) is 0 Å². The molecule has 0 unspecified atom stereocenters. The van der Waals surface area contributed by atoms with E-state index in [2.05, 4.69) is 4.84 Å². The van der Waals surface area contributed by atoms with E-state index < -0.39 is 17.9 Å². The second kappa shape index (κ2) is 4.71. The predicted molar refractivity (Wildman–Crippen MR) is 45.1 cm³/mol. The summed E-state index contributed by atoms with van der Waals surface area (Å²) in [7, 11) is 0. The molecule has 1 fully saturated rings. The van der Waals surface area contributed by atoms with Crippen LogP contribution in [0.25, 0.3) is 0 Å². The quantitative estimate of drug-likeness (QED) is 0.350. The van der Waals surface area contributed by atoms with Crippen molar-refractivity contribution in [1.82, 2.24) is 10.1 Å². The average Bonchev–Trinajstić information content (AvgIpc) is 2.49. The SMILES string of the molecule is NCCN(O)C(=O)ON1C(=O)CCC1=O. The zero-order valence-electron chi connectivity index (χ0n) is 7.88. The fourth-order valence-corrected chi connectivity index (χ4v) is 0.997. The molecule has 1 aliphatic heterocycles. The van der Waals surface area contributed by atoms with Crippen LogP contribution in [0.2, 0.25) is 0 Å². The van der Waals surface area contributed by atoms with E-state index in [0.717, 1.165) is 0 Å². The molecular weight excluding hydrogens is 206 g/mol. The first-order valence-corrected chi connectivity index (χ1v) is 4.30. The third-order valence-corrected chi connectivity index (χ3v) is 1.73. The molecule has 0 saturated carbocycles. The summed E-state index contributed by atoms with van der Waals surface area (Å²) in [4.78, 5) is 37.4. The highest BCUT2D eigenvalue weighted by atomic mass is 16.8.